The summed E-state index contributed by atoms with van der Waals surface area (Å²) < 4.78 is 0. The van der Waals surface area contributed by atoms with Crippen molar-refractivity contribution in [1.82, 2.24) is 0 Å². The number of thioether (sulfide) groups is 1. The van der Waals surface area contributed by atoms with Gasteiger partial charge in [-0.1, -0.05) is 25.5 Å². The van der Waals surface area contributed by atoms with Crippen molar-refractivity contribution in [2.75, 3.05) is 0 Å². The van der Waals surface area contributed by atoms with Crippen LogP contribution in [0.25, 0.3) is 0 Å². The molecule has 0 aromatic carbocycles. The molecule has 0 saturated carbocycles. The van der Waals surface area contributed by atoms with Crippen molar-refractivity contribution in [2.45, 2.75) is 38.9 Å². The summed E-state index contributed by atoms with van der Waals surface area (Å²) in [6.45, 7) is 6.71. The lowest BCUT2D eigenvalue weighted by atomic mass is 10.1. The topological polar surface area (TPSA) is 0 Å². The van der Waals surface area contributed by atoms with E-state index in [9.17, 15) is 0 Å². The summed E-state index contributed by atoms with van der Waals surface area (Å²) in [5.74, 6) is 0. The maximum atomic E-state index is 2.29. The molecule has 1 unspecified atom stereocenters. The van der Waals surface area contributed by atoms with Crippen molar-refractivity contribution in [3.05, 3.63) is 22.6 Å². The van der Waals surface area contributed by atoms with E-state index in [1.54, 1.807) is 0 Å². The molecular formula is C10H16S. The lowest BCUT2D eigenvalue weighted by molar-refractivity contribution is 0.918. The standard InChI is InChI=1S/C10H16S/c1-4-5-10-7-6-8(2)11-9(10)3/h6-8H,4-5H2,1-3H3. The van der Waals surface area contributed by atoms with Gasteiger partial charge in [-0.15, -0.1) is 11.8 Å². The van der Waals surface area contributed by atoms with Gasteiger partial charge in [-0.25, -0.2) is 0 Å². The van der Waals surface area contributed by atoms with E-state index in [1.807, 2.05) is 11.8 Å². The molecule has 62 valence electrons. The fourth-order valence-corrected chi connectivity index (χ4v) is 2.33. The zero-order valence-electron chi connectivity index (χ0n) is 7.55. The van der Waals surface area contributed by atoms with Crippen LogP contribution in [0.2, 0.25) is 0 Å². The van der Waals surface area contributed by atoms with Gasteiger partial charge < -0.3 is 0 Å². The van der Waals surface area contributed by atoms with E-state index in [4.69, 9.17) is 0 Å². The van der Waals surface area contributed by atoms with Gasteiger partial charge in [-0.2, -0.15) is 0 Å². The molecular weight excluding hydrogens is 152 g/mol. The van der Waals surface area contributed by atoms with Gasteiger partial charge in [-0.3, -0.25) is 0 Å². The third kappa shape index (κ3) is 2.41. The Morgan fingerprint density at radius 1 is 1.55 bits per heavy atom. The van der Waals surface area contributed by atoms with Crippen LogP contribution < -0.4 is 0 Å². The van der Waals surface area contributed by atoms with Gasteiger partial charge in [0, 0.05) is 5.25 Å². The van der Waals surface area contributed by atoms with Crippen molar-refractivity contribution < 1.29 is 0 Å². The second-order valence-electron chi connectivity index (χ2n) is 3.01. The van der Waals surface area contributed by atoms with Gasteiger partial charge >= 0.3 is 0 Å². The lowest BCUT2D eigenvalue weighted by Gasteiger charge is -2.15. The first-order valence-corrected chi connectivity index (χ1v) is 5.16. The fraction of sp³-hybridized carbons (Fsp3) is 0.600. The maximum Gasteiger partial charge on any atom is 0.0246 e. The molecule has 0 amide bonds. The Bertz CT molecular complexity index is 189. The Morgan fingerprint density at radius 2 is 2.27 bits per heavy atom. The van der Waals surface area contributed by atoms with Crippen LogP contribution in [0.4, 0.5) is 0 Å². The van der Waals surface area contributed by atoms with Crippen LogP contribution in [0.5, 0.6) is 0 Å². The zero-order valence-corrected chi connectivity index (χ0v) is 8.37. The number of rotatable bonds is 2. The van der Waals surface area contributed by atoms with Crippen molar-refractivity contribution in [1.29, 1.82) is 0 Å². The minimum Gasteiger partial charge on any atom is -0.123 e. The average Bonchev–Trinajstić information content (AvgIpc) is 1.95. The van der Waals surface area contributed by atoms with Gasteiger partial charge in [0.1, 0.15) is 0 Å². The molecule has 0 radical (unpaired) electrons. The molecule has 1 aliphatic rings. The Kier molecular flexibility index (Phi) is 3.25. The first-order valence-electron chi connectivity index (χ1n) is 4.28. The summed E-state index contributed by atoms with van der Waals surface area (Å²) in [5.41, 5.74) is 1.54. The molecule has 0 aliphatic carbocycles. The molecule has 11 heavy (non-hydrogen) atoms. The van der Waals surface area contributed by atoms with Gasteiger partial charge in [-0.05, 0) is 30.7 Å². The van der Waals surface area contributed by atoms with Crippen LogP contribution in [0, 0.1) is 0 Å². The Hall–Kier alpha value is -0.170. The van der Waals surface area contributed by atoms with E-state index < -0.39 is 0 Å². The van der Waals surface area contributed by atoms with E-state index in [-0.39, 0.29) is 0 Å². The van der Waals surface area contributed by atoms with E-state index in [2.05, 4.69) is 32.9 Å². The minimum absolute atomic E-state index is 0.676. The molecule has 0 N–H and O–H groups in total. The van der Waals surface area contributed by atoms with Gasteiger partial charge in [0.05, 0.1) is 0 Å². The molecule has 0 spiro atoms. The Labute approximate surface area is 73.8 Å². The SMILES string of the molecule is CCCC1=C(C)SC(C)C=C1. The highest BCUT2D eigenvalue weighted by Gasteiger charge is 2.08. The zero-order chi connectivity index (χ0) is 8.27. The summed E-state index contributed by atoms with van der Waals surface area (Å²) in [6.07, 6.45) is 7.08. The van der Waals surface area contributed by atoms with Crippen molar-refractivity contribution in [2.24, 2.45) is 0 Å². The predicted molar refractivity (Wildman–Crippen MR) is 53.8 cm³/mol. The smallest absolute Gasteiger partial charge is 0.0246 e. The molecule has 0 saturated heterocycles. The number of allylic oxidation sites excluding steroid dienone is 3. The molecule has 1 heterocycles. The number of hydrogen-bond donors (Lipinski definition) is 0. The van der Waals surface area contributed by atoms with Gasteiger partial charge in [0.15, 0.2) is 0 Å². The molecule has 1 heteroatoms. The van der Waals surface area contributed by atoms with Crippen LogP contribution in [0.15, 0.2) is 22.6 Å². The van der Waals surface area contributed by atoms with Crippen molar-refractivity contribution in [3.8, 4) is 0 Å². The second-order valence-corrected chi connectivity index (χ2v) is 4.61. The second kappa shape index (κ2) is 4.01. The Balaban J connectivity index is 2.64. The first-order chi connectivity index (χ1) is 5.24. The average molecular weight is 168 g/mol. The fourth-order valence-electron chi connectivity index (χ4n) is 1.29. The summed E-state index contributed by atoms with van der Waals surface area (Å²) in [4.78, 5) is 1.52. The van der Waals surface area contributed by atoms with Crippen LogP contribution >= 0.6 is 11.8 Å². The molecule has 0 bridgehead atoms. The maximum absolute atomic E-state index is 2.29. The Morgan fingerprint density at radius 3 is 2.82 bits per heavy atom. The molecule has 0 nitrogen and oxygen atoms in total. The third-order valence-electron chi connectivity index (χ3n) is 1.90. The van der Waals surface area contributed by atoms with E-state index in [0.29, 0.717) is 5.25 Å². The predicted octanol–water partition coefficient (Wildman–Crippen LogP) is 3.75. The van der Waals surface area contributed by atoms with Crippen LogP contribution in [-0.2, 0) is 0 Å². The summed E-state index contributed by atoms with van der Waals surface area (Å²) in [5, 5.41) is 0.676. The molecule has 1 atom stereocenters. The summed E-state index contributed by atoms with van der Waals surface area (Å²) >= 11 is 1.98. The molecule has 0 fully saturated rings. The first kappa shape index (κ1) is 8.92. The highest BCUT2D eigenvalue weighted by atomic mass is 32.2. The summed E-state index contributed by atoms with van der Waals surface area (Å²) in [7, 11) is 0. The van der Waals surface area contributed by atoms with Crippen LogP contribution in [-0.4, -0.2) is 5.25 Å². The van der Waals surface area contributed by atoms with E-state index in [1.165, 1.54) is 23.3 Å². The largest absolute Gasteiger partial charge is 0.123 e. The van der Waals surface area contributed by atoms with Crippen LogP contribution in [0.3, 0.4) is 0 Å². The molecule has 0 aromatic rings. The third-order valence-corrected chi connectivity index (χ3v) is 3.05. The highest BCUT2D eigenvalue weighted by Crippen LogP contribution is 2.31. The van der Waals surface area contributed by atoms with E-state index >= 15 is 0 Å². The van der Waals surface area contributed by atoms with Gasteiger partial charge in [0.25, 0.3) is 0 Å². The normalized spacial score (nSPS) is 24.5. The monoisotopic (exact) mass is 168 g/mol. The number of hydrogen-bond acceptors (Lipinski definition) is 1. The van der Waals surface area contributed by atoms with Crippen LogP contribution in [0.1, 0.15) is 33.6 Å². The quantitative estimate of drug-likeness (QED) is 0.605. The molecule has 1 rings (SSSR count). The minimum atomic E-state index is 0.676. The van der Waals surface area contributed by atoms with Crippen molar-refractivity contribution in [3.63, 3.8) is 0 Å². The highest BCUT2D eigenvalue weighted by molar-refractivity contribution is 8.03. The summed E-state index contributed by atoms with van der Waals surface area (Å²) in [6, 6.07) is 0. The molecule has 1 aliphatic heterocycles. The van der Waals surface area contributed by atoms with E-state index in [0.717, 1.165) is 0 Å². The molecule has 0 aromatic heterocycles. The van der Waals surface area contributed by atoms with Crippen molar-refractivity contribution >= 4 is 11.8 Å². The van der Waals surface area contributed by atoms with Gasteiger partial charge in [0.2, 0.25) is 0 Å². The lowest BCUT2D eigenvalue weighted by Crippen LogP contribution is -1.97.